The summed E-state index contributed by atoms with van der Waals surface area (Å²) in [7, 11) is 0. The highest BCUT2D eigenvalue weighted by molar-refractivity contribution is 8.18. The van der Waals surface area contributed by atoms with Crippen LogP contribution in [0.4, 0.5) is 9.93 Å². The number of benzene rings is 2. The van der Waals surface area contributed by atoms with Crippen molar-refractivity contribution in [1.29, 1.82) is 0 Å². The van der Waals surface area contributed by atoms with Crippen molar-refractivity contribution in [2.24, 2.45) is 0 Å². The fraction of sp³-hybridized carbons (Fsp3) is 0.143. The number of carbonyl (C=O) groups is 3. The number of halogens is 1. The summed E-state index contributed by atoms with van der Waals surface area (Å²) in [4.78, 5) is 42.9. The first-order valence-electron chi connectivity index (χ1n) is 8.99. The summed E-state index contributed by atoms with van der Waals surface area (Å²) in [5.41, 5.74) is 3.81. The van der Waals surface area contributed by atoms with Crippen LogP contribution in [-0.4, -0.2) is 33.5 Å². The van der Waals surface area contributed by atoms with Crippen LogP contribution in [0.2, 0.25) is 5.02 Å². The molecular weight excluding hydrogens is 442 g/mol. The highest BCUT2D eigenvalue weighted by atomic mass is 35.5. The summed E-state index contributed by atoms with van der Waals surface area (Å²) >= 11 is 8.03. The molecule has 1 aliphatic heterocycles. The van der Waals surface area contributed by atoms with Crippen LogP contribution in [0.25, 0.3) is 16.3 Å². The first kappa shape index (κ1) is 20.6. The number of aryl methyl sites for hydroxylation is 2. The zero-order chi connectivity index (χ0) is 21.4. The predicted molar refractivity (Wildman–Crippen MR) is 122 cm³/mol. The highest BCUT2D eigenvalue weighted by Crippen LogP contribution is 2.33. The second-order valence-corrected chi connectivity index (χ2v) is 9.25. The van der Waals surface area contributed by atoms with E-state index in [0.717, 1.165) is 43.6 Å². The molecule has 3 aromatic rings. The van der Waals surface area contributed by atoms with Crippen LogP contribution in [0.5, 0.6) is 0 Å². The third kappa shape index (κ3) is 4.26. The van der Waals surface area contributed by atoms with Crippen molar-refractivity contribution in [3.63, 3.8) is 0 Å². The number of amides is 3. The number of aromatic nitrogens is 1. The van der Waals surface area contributed by atoms with Gasteiger partial charge in [0.1, 0.15) is 6.54 Å². The third-order valence-electron chi connectivity index (χ3n) is 4.59. The molecule has 3 amide bonds. The molecule has 0 aliphatic carbocycles. The Bertz CT molecular complexity index is 1180. The number of rotatable bonds is 4. The minimum Gasteiger partial charge on any atom is -0.300 e. The number of hydrogen-bond acceptors (Lipinski definition) is 6. The number of thiazole rings is 1. The normalized spacial score (nSPS) is 15.4. The average Bonchev–Trinajstić information content (AvgIpc) is 3.18. The summed E-state index contributed by atoms with van der Waals surface area (Å²) in [5.74, 6) is -0.969. The molecule has 0 radical (unpaired) electrons. The molecule has 30 heavy (non-hydrogen) atoms. The molecule has 152 valence electrons. The molecule has 1 N–H and O–H groups in total. The molecule has 0 spiro atoms. The van der Waals surface area contributed by atoms with Gasteiger partial charge in [0.05, 0.1) is 15.1 Å². The lowest BCUT2D eigenvalue weighted by atomic mass is 10.1. The van der Waals surface area contributed by atoms with Gasteiger partial charge < -0.3 is 5.32 Å². The van der Waals surface area contributed by atoms with E-state index in [-0.39, 0.29) is 11.4 Å². The Morgan fingerprint density at radius 2 is 1.87 bits per heavy atom. The van der Waals surface area contributed by atoms with E-state index >= 15 is 0 Å². The molecule has 2 aromatic carbocycles. The van der Waals surface area contributed by atoms with Gasteiger partial charge in [0.2, 0.25) is 5.91 Å². The van der Waals surface area contributed by atoms with Gasteiger partial charge in [-0.1, -0.05) is 35.1 Å². The van der Waals surface area contributed by atoms with Crippen LogP contribution < -0.4 is 5.32 Å². The largest absolute Gasteiger partial charge is 0.300 e. The molecule has 4 rings (SSSR count). The van der Waals surface area contributed by atoms with E-state index in [2.05, 4.69) is 10.3 Å². The highest BCUT2D eigenvalue weighted by Gasteiger charge is 2.36. The quantitative estimate of drug-likeness (QED) is 0.542. The molecule has 6 nitrogen and oxygen atoms in total. The van der Waals surface area contributed by atoms with Crippen LogP contribution >= 0.6 is 34.7 Å². The minimum atomic E-state index is -0.495. The van der Waals surface area contributed by atoms with Crippen molar-refractivity contribution in [1.82, 2.24) is 9.88 Å². The smallest absolute Gasteiger partial charge is 0.294 e. The van der Waals surface area contributed by atoms with Gasteiger partial charge in [-0.2, -0.15) is 0 Å². The van der Waals surface area contributed by atoms with E-state index in [1.165, 1.54) is 11.3 Å². The van der Waals surface area contributed by atoms with E-state index in [4.69, 9.17) is 11.6 Å². The predicted octanol–water partition coefficient (Wildman–Crippen LogP) is 5.24. The number of carbonyl (C=O) groups excluding carboxylic acids is 3. The number of hydrogen-bond donors (Lipinski definition) is 1. The Labute approximate surface area is 185 Å². The van der Waals surface area contributed by atoms with Crippen LogP contribution in [0.1, 0.15) is 16.7 Å². The van der Waals surface area contributed by atoms with Gasteiger partial charge in [0.15, 0.2) is 5.13 Å². The van der Waals surface area contributed by atoms with E-state index < -0.39 is 17.1 Å². The van der Waals surface area contributed by atoms with E-state index in [9.17, 15) is 14.4 Å². The zero-order valence-corrected chi connectivity index (χ0v) is 18.5. The molecule has 0 unspecified atom stereocenters. The lowest BCUT2D eigenvalue weighted by molar-refractivity contribution is -0.127. The summed E-state index contributed by atoms with van der Waals surface area (Å²) in [6.07, 6.45) is 1.61. The van der Waals surface area contributed by atoms with Crippen LogP contribution in [-0.2, 0) is 9.59 Å². The van der Waals surface area contributed by atoms with Crippen LogP contribution in [0, 0.1) is 13.8 Å². The number of fused-ring (bicyclic) bond motifs is 1. The topological polar surface area (TPSA) is 79.4 Å². The Kier molecular flexibility index (Phi) is 5.64. The van der Waals surface area contributed by atoms with Gasteiger partial charge in [-0.05, 0) is 72.6 Å². The Hall–Kier alpha value is -2.68. The van der Waals surface area contributed by atoms with Crippen LogP contribution in [0.3, 0.4) is 0 Å². The molecule has 0 saturated carbocycles. The fourth-order valence-corrected chi connectivity index (χ4v) is 4.81. The SMILES string of the molecule is Cc1cc2nc(NC(=O)CN3C(=O)S/C(=C\c4ccc(Cl)cc4)C3=O)sc2cc1C. The number of thioether (sulfide) groups is 1. The molecule has 0 bridgehead atoms. The summed E-state index contributed by atoms with van der Waals surface area (Å²) in [6, 6.07) is 10.9. The second-order valence-electron chi connectivity index (χ2n) is 6.79. The van der Waals surface area contributed by atoms with E-state index in [1.54, 1.807) is 30.3 Å². The number of imide groups is 1. The standard InChI is InChI=1S/C21H16ClN3O3S2/c1-11-7-15-16(8-12(11)2)29-20(23-15)24-18(26)10-25-19(27)17(30-21(25)28)9-13-3-5-14(22)6-4-13/h3-9H,10H2,1-2H3,(H,23,24,26)/b17-9-. The van der Waals surface area contributed by atoms with Crippen LogP contribution in [0.15, 0.2) is 41.3 Å². The van der Waals surface area contributed by atoms with Gasteiger partial charge in [-0.25, -0.2) is 4.98 Å². The monoisotopic (exact) mass is 457 g/mol. The lowest BCUT2D eigenvalue weighted by Gasteiger charge is -2.11. The third-order valence-corrected chi connectivity index (χ3v) is 6.69. The molecule has 1 fully saturated rings. The number of anilines is 1. The second kappa shape index (κ2) is 8.22. The van der Waals surface area contributed by atoms with E-state index in [1.807, 2.05) is 26.0 Å². The van der Waals surface area contributed by atoms with Crippen molar-refractivity contribution in [2.45, 2.75) is 13.8 Å². The maximum absolute atomic E-state index is 12.6. The molecular formula is C21H16ClN3O3S2. The van der Waals surface area contributed by atoms with Crippen molar-refractivity contribution < 1.29 is 14.4 Å². The first-order chi connectivity index (χ1) is 14.3. The summed E-state index contributed by atoms with van der Waals surface area (Å²) in [6.45, 7) is 3.66. The molecule has 1 saturated heterocycles. The lowest BCUT2D eigenvalue weighted by Crippen LogP contribution is -2.36. The van der Waals surface area contributed by atoms with Crippen molar-refractivity contribution >= 4 is 73.2 Å². The Morgan fingerprint density at radius 1 is 1.17 bits per heavy atom. The molecule has 1 aliphatic rings. The van der Waals surface area contributed by atoms with Gasteiger partial charge in [-0.3, -0.25) is 19.3 Å². The zero-order valence-electron chi connectivity index (χ0n) is 16.1. The average molecular weight is 458 g/mol. The van der Waals surface area contributed by atoms with Gasteiger partial charge >= 0.3 is 0 Å². The fourth-order valence-electron chi connectivity index (χ4n) is 2.88. The van der Waals surface area contributed by atoms with Gasteiger partial charge in [0, 0.05) is 5.02 Å². The van der Waals surface area contributed by atoms with Crippen molar-refractivity contribution in [3.8, 4) is 0 Å². The Balaban J connectivity index is 1.46. The minimum absolute atomic E-state index is 0.265. The van der Waals surface area contributed by atoms with Gasteiger partial charge in [0.25, 0.3) is 11.1 Å². The maximum Gasteiger partial charge on any atom is 0.294 e. The molecule has 2 heterocycles. The summed E-state index contributed by atoms with van der Waals surface area (Å²) in [5, 5.41) is 3.22. The van der Waals surface area contributed by atoms with Crippen molar-refractivity contribution in [3.05, 3.63) is 63.0 Å². The van der Waals surface area contributed by atoms with Gasteiger partial charge in [-0.15, -0.1) is 0 Å². The van der Waals surface area contributed by atoms with Crippen molar-refractivity contribution in [2.75, 3.05) is 11.9 Å². The molecule has 0 atom stereocenters. The number of nitrogens with one attached hydrogen (secondary N) is 1. The molecule has 1 aromatic heterocycles. The maximum atomic E-state index is 12.6. The summed E-state index contributed by atoms with van der Waals surface area (Å²) < 4.78 is 0.963. The van der Waals surface area contributed by atoms with E-state index in [0.29, 0.717) is 10.2 Å². The molecule has 9 heteroatoms. The number of nitrogens with zero attached hydrogens (tertiary/aromatic N) is 2. The Morgan fingerprint density at radius 3 is 2.60 bits per heavy atom. The first-order valence-corrected chi connectivity index (χ1v) is 11.0.